The SMILES string of the molecule is Clc1ccccc1Cl.N#CCC(=O)NCC1CNCCOC1. The highest BCUT2D eigenvalue weighted by Crippen LogP contribution is 2.19. The van der Waals surface area contributed by atoms with Gasteiger partial charge in [-0.2, -0.15) is 5.26 Å². The predicted molar refractivity (Wildman–Crippen MR) is 86.9 cm³/mol. The van der Waals surface area contributed by atoms with Gasteiger partial charge in [-0.25, -0.2) is 0 Å². The van der Waals surface area contributed by atoms with Gasteiger partial charge in [0.1, 0.15) is 6.42 Å². The van der Waals surface area contributed by atoms with Gasteiger partial charge in [0.2, 0.25) is 5.91 Å². The highest BCUT2D eigenvalue weighted by atomic mass is 35.5. The zero-order valence-electron chi connectivity index (χ0n) is 12.1. The lowest BCUT2D eigenvalue weighted by atomic mass is 10.1. The first kappa shape index (κ1) is 18.7. The zero-order chi connectivity index (χ0) is 16.2. The lowest BCUT2D eigenvalue weighted by Crippen LogP contribution is -2.34. The normalized spacial score (nSPS) is 17.4. The topological polar surface area (TPSA) is 74.2 Å². The first-order valence-corrected chi connectivity index (χ1v) is 7.71. The van der Waals surface area contributed by atoms with Crippen molar-refractivity contribution in [3.63, 3.8) is 0 Å². The molecule has 1 aliphatic heterocycles. The average Bonchev–Trinajstić information content (AvgIpc) is 2.78. The molecule has 1 heterocycles. The third-order valence-electron chi connectivity index (χ3n) is 2.86. The Morgan fingerprint density at radius 3 is 2.68 bits per heavy atom. The molecule has 1 saturated heterocycles. The molecular formula is C15H19Cl2N3O2. The summed E-state index contributed by atoms with van der Waals surface area (Å²) in [5, 5.41) is 15.4. The van der Waals surface area contributed by atoms with Gasteiger partial charge in [0.05, 0.1) is 29.3 Å². The summed E-state index contributed by atoms with van der Waals surface area (Å²) >= 11 is 11.2. The molecule has 1 fully saturated rings. The Kier molecular flexibility index (Phi) is 9.60. The summed E-state index contributed by atoms with van der Waals surface area (Å²) in [6.07, 6.45) is -0.0684. The Bertz CT molecular complexity index is 477. The third-order valence-corrected chi connectivity index (χ3v) is 3.62. The predicted octanol–water partition coefficient (Wildman–Crippen LogP) is 2.25. The summed E-state index contributed by atoms with van der Waals surface area (Å²) in [7, 11) is 0. The number of nitrogens with one attached hydrogen (secondary N) is 2. The van der Waals surface area contributed by atoms with Crippen LogP contribution in [0.4, 0.5) is 0 Å². The number of hydrogen-bond donors (Lipinski definition) is 2. The Morgan fingerprint density at radius 1 is 1.41 bits per heavy atom. The van der Waals surface area contributed by atoms with Crippen LogP contribution in [0.15, 0.2) is 24.3 Å². The zero-order valence-corrected chi connectivity index (χ0v) is 13.7. The number of rotatable bonds is 3. The van der Waals surface area contributed by atoms with Gasteiger partial charge in [-0.1, -0.05) is 35.3 Å². The fraction of sp³-hybridized carbons (Fsp3) is 0.467. The Labute approximate surface area is 140 Å². The second-order valence-electron chi connectivity index (χ2n) is 4.70. The van der Waals surface area contributed by atoms with Crippen LogP contribution in [0, 0.1) is 17.2 Å². The van der Waals surface area contributed by atoms with Crippen molar-refractivity contribution < 1.29 is 9.53 Å². The van der Waals surface area contributed by atoms with Crippen LogP contribution in [0.1, 0.15) is 6.42 Å². The molecule has 0 saturated carbocycles. The van der Waals surface area contributed by atoms with Gasteiger partial charge in [-0.15, -0.1) is 0 Å². The van der Waals surface area contributed by atoms with Crippen LogP contribution in [0.25, 0.3) is 0 Å². The summed E-state index contributed by atoms with van der Waals surface area (Å²) in [5.74, 6) is 0.0943. The molecule has 0 bridgehead atoms. The number of halogens is 2. The Balaban J connectivity index is 0.000000255. The number of carbonyl (C=O) groups is 1. The first-order chi connectivity index (χ1) is 10.6. The van der Waals surface area contributed by atoms with E-state index in [1.165, 1.54) is 0 Å². The van der Waals surface area contributed by atoms with Crippen molar-refractivity contribution in [2.24, 2.45) is 5.92 Å². The van der Waals surface area contributed by atoms with Crippen molar-refractivity contribution in [2.45, 2.75) is 6.42 Å². The summed E-state index contributed by atoms with van der Waals surface area (Å²) in [6, 6.07) is 9.00. The molecule has 1 unspecified atom stereocenters. The maximum Gasteiger partial charge on any atom is 0.234 e. The fourth-order valence-corrected chi connectivity index (χ4v) is 1.99. The molecule has 7 heteroatoms. The second kappa shape index (κ2) is 11.3. The molecule has 1 amide bonds. The summed E-state index contributed by atoms with van der Waals surface area (Å²) in [6.45, 7) is 3.69. The van der Waals surface area contributed by atoms with Crippen LogP contribution in [-0.2, 0) is 9.53 Å². The Morgan fingerprint density at radius 2 is 2.09 bits per heavy atom. The molecule has 1 atom stereocenters. The van der Waals surface area contributed by atoms with E-state index >= 15 is 0 Å². The average molecular weight is 344 g/mol. The number of amides is 1. The number of nitriles is 1. The molecule has 0 radical (unpaired) electrons. The van der Waals surface area contributed by atoms with E-state index in [4.69, 9.17) is 33.2 Å². The second-order valence-corrected chi connectivity index (χ2v) is 5.51. The summed E-state index contributed by atoms with van der Waals surface area (Å²) in [5.41, 5.74) is 0. The van der Waals surface area contributed by atoms with Gasteiger partial charge in [0.25, 0.3) is 0 Å². The molecule has 0 aromatic heterocycles. The lowest BCUT2D eigenvalue weighted by molar-refractivity contribution is -0.120. The van der Waals surface area contributed by atoms with Crippen LogP contribution in [0.2, 0.25) is 10.0 Å². The van der Waals surface area contributed by atoms with Gasteiger partial charge in [-0.05, 0) is 12.1 Å². The van der Waals surface area contributed by atoms with Gasteiger partial charge < -0.3 is 15.4 Å². The lowest BCUT2D eigenvalue weighted by Gasteiger charge is -2.13. The van der Waals surface area contributed by atoms with Crippen LogP contribution >= 0.6 is 23.2 Å². The maximum absolute atomic E-state index is 11.0. The molecule has 120 valence electrons. The van der Waals surface area contributed by atoms with Crippen LogP contribution < -0.4 is 10.6 Å². The van der Waals surface area contributed by atoms with Gasteiger partial charge >= 0.3 is 0 Å². The molecule has 5 nitrogen and oxygen atoms in total. The van der Waals surface area contributed by atoms with Crippen molar-refractivity contribution in [1.29, 1.82) is 5.26 Å². The number of benzene rings is 1. The van der Waals surface area contributed by atoms with Gasteiger partial charge in [0, 0.05) is 25.6 Å². The van der Waals surface area contributed by atoms with Crippen molar-refractivity contribution in [3.05, 3.63) is 34.3 Å². The van der Waals surface area contributed by atoms with Gasteiger partial charge in [-0.3, -0.25) is 4.79 Å². The van der Waals surface area contributed by atoms with E-state index in [9.17, 15) is 4.79 Å². The number of nitrogens with zero attached hydrogens (tertiary/aromatic N) is 1. The molecule has 22 heavy (non-hydrogen) atoms. The van der Waals surface area contributed by atoms with E-state index in [0.29, 0.717) is 29.1 Å². The van der Waals surface area contributed by atoms with Crippen LogP contribution in [0.3, 0.4) is 0 Å². The van der Waals surface area contributed by atoms with Crippen LogP contribution in [-0.4, -0.2) is 38.8 Å². The fourth-order valence-electron chi connectivity index (χ4n) is 1.72. The minimum absolute atomic E-state index is 0.0684. The molecule has 2 rings (SSSR count). The maximum atomic E-state index is 11.0. The molecule has 1 aliphatic rings. The molecule has 0 spiro atoms. The highest BCUT2D eigenvalue weighted by Gasteiger charge is 2.12. The molecule has 0 aliphatic carbocycles. The quantitative estimate of drug-likeness (QED) is 0.882. The van der Waals surface area contributed by atoms with Crippen LogP contribution in [0.5, 0.6) is 0 Å². The Hall–Kier alpha value is -1.32. The van der Waals surface area contributed by atoms with Gasteiger partial charge in [0.15, 0.2) is 0 Å². The first-order valence-electron chi connectivity index (χ1n) is 6.95. The van der Waals surface area contributed by atoms with E-state index in [2.05, 4.69) is 10.6 Å². The molecule has 1 aromatic rings. The van der Waals surface area contributed by atoms with E-state index < -0.39 is 0 Å². The van der Waals surface area contributed by atoms with Crippen molar-refractivity contribution in [3.8, 4) is 6.07 Å². The van der Waals surface area contributed by atoms with E-state index in [1.54, 1.807) is 12.1 Å². The summed E-state index contributed by atoms with van der Waals surface area (Å²) < 4.78 is 5.32. The summed E-state index contributed by atoms with van der Waals surface area (Å²) in [4.78, 5) is 11.0. The van der Waals surface area contributed by atoms with Crippen molar-refractivity contribution in [1.82, 2.24) is 10.6 Å². The van der Waals surface area contributed by atoms with Crippen molar-refractivity contribution >= 4 is 29.1 Å². The minimum Gasteiger partial charge on any atom is -0.380 e. The molecular weight excluding hydrogens is 325 g/mol. The highest BCUT2D eigenvalue weighted by molar-refractivity contribution is 6.41. The number of ether oxygens (including phenoxy) is 1. The molecule has 1 aromatic carbocycles. The smallest absolute Gasteiger partial charge is 0.234 e. The van der Waals surface area contributed by atoms with E-state index in [0.717, 1.165) is 19.7 Å². The molecule has 2 N–H and O–H groups in total. The third kappa shape index (κ3) is 8.20. The largest absolute Gasteiger partial charge is 0.380 e. The standard InChI is InChI=1S/C9H15N3O2.C6H4Cl2/c10-2-1-9(13)12-6-8-5-11-3-4-14-7-8;7-5-3-1-2-4-6(5)8/h8,11H,1,3-7H2,(H,12,13);1-4H. The van der Waals surface area contributed by atoms with E-state index in [1.807, 2.05) is 18.2 Å². The van der Waals surface area contributed by atoms with E-state index in [-0.39, 0.29) is 12.3 Å². The monoisotopic (exact) mass is 343 g/mol. The van der Waals surface area contributed by atoms with Crippen molar-refractivity contribution in [2.75, 3.05) is 32.8 Å². The number of hydrogen-bond acceptors (Lipinski definition) is 4. The number of carbonyl (C=O) groups excluding carboxylic acids is 1. The minimum atomic E-state index is -0.211.